The standard InChI is InChI=1S/C16H26N2O3/c1-16(2,3)21-15(19)18-9-8-17-11-13-6-5-7-14(10-13)12-20-4/h5-7,10,17H,8-9,11-12H2,1-4H3,(H,18,19). The van der Waals surface area contributed by atoms with Gasteiger partial charge in [-0.15, -0.1) is 0 Å². The molecule has 0 heterocycles. The average molecular weight is 294 g/mol. The van der Waals surface area contributed by atoms with Gasteiger partial charge in [-0.2, -0.15) is 0 Å². The Morgan fingerprint density at radius 3 is 2.57 bits per heavy atom. The molecule has 0 fully saturated rings. The van der Waals surface area contributed by atoms with E-state index in [1.165, 1.54) is 5.56 Å². The highest BCUT2D eigenvalue weighted by molar-refractivity contribution is 5.67. The molecular weight excluding hydrogens is 268 g/mol. The number of hydrogen-bond acceptors (Lipinski definition) is 4. The molecular formula is C16H26N2O3. The predicted molar refractivity (Wildman–Crippen MR) is 83.1 cm³/mol. The van der Waals surface area contributed by atoms with Crippen molar-refractivity contribution in [2.45, 2.75) is 39.5 Å². The Morgan fingerprint density at radius 1 is 1.19 bits per heavy atom. The molecule has 1 amide bonds. The van der Waals surface area contributed by atoms with Crippen LogP contribution in [0.3, 0.4) is 0 Å². The molecule has 0 unspecified atom stereocenters. The van der Waals surface area contributed by atoms with E-state index in [2.05, 4.69) is 22.8 Å². The predicted octanol–water partition coefficient (Wildman–Crippen LogP) is 2.45. The lowest BCUT2D eigenvalue weighted by atomic mass is 10.1. The second-order valence-electron chi connectivity index (χ2n) is 5.86. The van der Waals surface area contributed by atoms with E-state index in [4.69, 9.17) is 9.47 Å². The van der Waals surface area contributed by atoms with Gasteiger partial charge in [-0.3, -0.25) is 0 Å². The molecule has 5 heteroatoms. The summed E-state index contributed by atoms with van der Waals surface area (Å²) in [6, 6.07) is 8.23. The largest absolute Gasteiger partial charge is 0.444 e. The molecule has 1 aromatic rings. The first-order chi connectivity index (χ1) is 9.90. The topological polar surface area (TPSA) is 59.6 Å². The maximum absolute atomic E-state index is 11.4. The Morgan fingerprint density at radius 2 is 1.90 bits per heavy atom. The zero-order valence-corrected chi connectivity index (χ0v) is 13.4. The summed E-state index contributed by atoms with van der Waals surface area (Å²) >= 11 is 0. The third kappa shape index (κ3) is 8.32. The van der Waals surface area contributed by atoms with Gasteiger partial charge in [-0.1, -0.05) is 24.3 Å². The van der Waals surface area contributed by atoms with E-state index in [1.807, 2.05) is 32.9 Å². The van der Waals surface area contributed by atoms with Crippen molar-refractivity contribution in [1.29, 1.82) is 0 Å². The number of ether oxygens (including phenoxy) is 2. The molecule has 0 saturated heterocycles. The minimum atomic E-state index is -0.459. The molecule has 0 aliphatic carbocycles. The summed E-state index contributed by atoms with van der Waals surface area (Å²) in [7, 11) is 1.69. The normalized spacial score (nSPS) is 11.2. The lowest BCUT2D eigenvalue weighted by molar-refractivity contribution is 0.0528. The zero-order valence-electron chi connectivity index (χ0n) is 13.4. The van der Waals surface area contributed by atoms with Gasteiger partial charge in [0, 0.05) is 26.7 Å². The van der Waals surface area contributed by atoms with Gasteiger partial charge in [0.2, 0.25) is 0 Å². The molecule has 0 aromatic heterocycles. The maximum Gasteiger partial charge on any atom is 0.407 e. The highest BCUT2D eigenvalue weighted by Gasteiger charge is 2.15. The Bertz CT molecular complexity index is 441. The van der Waals surface area contributed by atoms with Gasteiger partial charge in [-0.25, -0.2) is 4.79 Å². The number of nitrogens with one attached hydrogen (secondary N) is 2. The lowest BCUT2D eigenvalue weighted by Gasteiger charge is -2.19. The van der Waals surface area contributed by atoms with Gasteiger partial charge in [0.25, 0.3) is 0 Å². The van der Waals surface area contributed by atoms with Gasteiger partial charge in [0.05, 0.1) is 6.61 Å². The van der Waals surface area contributed by atoms with Crippen LogP contribution in [0.25, 0.3) is 0 Å². The molecule has 0 atom stereocenters. The smallest absolute Gasteiger partial charge is 0.407 e. The molecule has 2 N–H and O–H groups in total. The molecule has 21 heavy (non-hydrogen) atoms. The molecule has 5 nitrogen and oxygen atoms in total. The van der Waals surface area contributed by atoms with Crippen molar-refractivity contribution in [2.75, 3.05) is 20.2 Å². The number of hydrogen-bond donors (Lipinski definition) is 2. The summed E-state index contributed by atoms with van der Waals surface area (Å²) < 4.78 is 10.3. The summed E-state index contributed by atoms with van der Waals surface area (Å²) in [6.07, 6.45) is -0.383. The van der Waals surface area contributed by atoms with Gasteiger partial charge < -0.3 is 20.1 Å². The lowest BCUT2D eigenvalue weighted by Crippen LogP contribution is -2.36. The van der Waals surface area contributed by atoms with Crippen LogP contribution < -0.4 is 10.6 Å². The highest BCUT2D eigenvalue weighted by atomic mass is 16.6. The third-order valence-corrected chi connectivity index (χ3v) is 2.60. The summed E-state index contributed by atoms with van der Waals surface area (Å²) in [6.45, 7) is 8.13. The van der Waals surface area contributed by atoms with Crippen LogP contribution in [-0.2, 0) is 22.6 Å². The van der Waals surface area contributed by atoms with Crippen molar-refractivity contribution in [3.8, 4) is 0 Å². The van der Waals surface area contributed by atoms with Crippen molar-refractivity contribution in [2.24, 2.45) is 0 Å². The van der Waals surface area contributed by atoms with Crippen molar-refractivity contribution in [3.05, 3.63) is 35.4 Å². The Balaban J connectivity index is 2.19. The first-order valence-electron chi connectivity index (χ1n) is 7.15. The molecule has 0 bridgehead atoms. The van der Waals surface area contributed by atoms with Crippen molar-refractivity contribution < 1.29 is 14.3 Å². The van der Waals surface area contributed by atoms with Crippen LogP contribution in [-0.4, -0.2) is 31.9 Å². The van der Waals surface area contributed by atoms with Gasteiger partial charge in [-0.05, 0) is 31.9 Å². The Labute approximate surface area is 127 Å². The van der Waals surface area contributed by atoms with Crippen LogP contribution in [0.2, 0.25) is 0 Å². The summed E-state index contributed by atoms with van der Waals surface area (Å²) in [5, 5.41) is 5.99. The van der Waals surface area contributed by atoms with E-state index in [0.29, 0.717) is 19.7 Å². The van der Waals surface area contributed by atoms with Crippen LogP contribution >= 0.6 is 0 Å². The molecule has 118 valence electrons. The Kier molecular flexibility index (Phi) is 7.19. The minimum absolute atomic E-state index is 0.383. The fourth-order valence-electron chi connectivity index (χ4n) is 1.80. The molecule has 0 aliphatic heterocycles. The molecule has 1 aromatic carbocycles. The monoisotopic (exact) mass is 294 g/mol. The number of methoxy groups -OCH3 is 1. The highest BCUT2D eigenvalue weighted by Crippen LogP contribution is 2.07. The molecule has 0 aliphatic rings. The van der Waals surface area contributed by atoms with E-state index in [-0.39, 0.29) is 6.09 Å². The number of amides is 1. The minimum Gasteiger partial charge on any atom is -0.444 e. The van der Waals surface area contributed by atoms with Gasteiger partial charge in [0.1, 0.15) is 5.60 Å². The second kappa shape index (κ2) is 8.64. The fourth-order valence-corrected chi connectivity index (χ4v) is 1.80. The first kappa shape index (κ1) is 17.5. The van der Waals surface area contributed by atoms with Crippen molar-refractivity contribution in [1.82, 2.24) is 10.6 Å². The number of carbonyl (C=O) groups is 1. The summed E-state index contributed by atoms with van der Waals surface area (Å²) in [5.74, 6) is 0. The maximum atomic E-state index is 11.4. The van der Waals surface area contributed by atoms with Crippen LogP contribution in [0.1, 0.15) is 31.9 Å². The van der Waals surface area contributed by atoms with E-state index in [9.17, 15) is 4.79 Å². The molecule has 1 rings (SSSR count). The third-order valence-electron chi connectivity index (χ3n) is 2.60. The number of benzene rings is 1. The van der Waals surface area contributed by atoms with E-state index in [1.54, 1.807) is 7.11 Å². The number of carbonyl (C=O) groups excluding carboxylic acids is 1. The first-order valence-corrected chi connectivity index (χ1v) is 7.15. The van der Waals surface area contributed by atoms with Crippen molar-refractivity contribution >= 4 is 6.09 Å². The van der Waals surface area contributed by atoms with Gasteiger partial charge in [0.15, 0.2) is 0 Å². The summed E-state index contributed by atoms with van der Waals surface area (Å²) in [4.78, 5) is 11.4. The zero-order chi connectivity index (χ0) is 15.7. The molecule has 0 spiro atoms. The Hall–Kier alpha value is -1.59. The van der Waals surface area contributed by atoms with Crippen LogP contribution in [0.15, 0.2) is 24.3 Å². The van der Waals surface area contributed by atoms with E-state index < -0.39 is 5.60 Å². The SMILES string of the molecule is COCc1cccc(CNCCNC(=O)OC(C)(C)C)c1. The molecule has 0 saturated carbocycles. The second-order valence-corrected chi connectivity index (χ2v) is 5.86. The molecule has 0 radical (unpaired) electrons. The summed E-state index contributed by atoms with van der Waals surface area (Å²) in [5.41, 5.74) is 1.89. The quantitative estimate of drug-likeness (QED) is 0.758. The van der Waals surface area contributed by atoms with Gasteiger partial charge >= 0.3 is 6.09 Å². The van der Waals surface area contributed by atoms with Crippen LogP contribution in [0.4, 0.5) is 4.79 Å². The van der Waals surface area contributed by atoms with Crippen molar-refractivity contribution in [3.63, 3.8) is 0 Å². The van der Waals surface area contributed by atoms with E-state index >= 15 is 0 Å². The van der Waals surface area contributed by atoms with Crippen LogP contribution in [0.5, 0.6) is 0 Å². The van der Waals surface area contributed by atoms with Crippen LogP contribution in [0, 0.1) is 0 Å². The number of alkyl carbamates (subject to hydrolysis) is 1. The fraction of sp³-hybridized carbons (Fsp3) is 0.562. The number of rotatable bonds is 7. The van der Waals surface area contributed by atoms with E-state index in [0.717, 1.165) is 12.1 Å². The average Bonchev–Trinajstić information content (AvgIpc) is 2.37.